The first-order valence-electron chi connectivity index (χ1n) is 8.26. The molecule has 2 aromatic carbocycles. The van der Waals surface area contributed by atoms with Crippen molar-refractivity contribution in [1.29, 1.82) is 0 Å². The lowest BCUT2D eigenvalue weighted by Crippen LogP contribution is -2.31. The van der Waals surface area contributed by atoms with Crippen LogP contribution in [0.4, 0.5) is 4.39 Å². The Labute approximate surface area is 148 Å². The van der Waals surface area contributed by atoms with Gasteiger partial charge in [0.1, 0.15) is 5.82 Å². The predicted molar refractivity (Wildman–Crippen MR) is 95.5 cm³/mol. The number of amides is 1. The molecule has 134 valence electrons. The molecule has 0 fully saturated rings. The number of ether oxygens (including phenoxy) is 2. The molecule has 0 saturated carbocycles. The Morgan fingerprint density at radius 3 is 2.32 bits per heavy atom. The van der Waals surface area contributed by atoms with Gasteiger partial charge in [-0.3, -0.25) is 4.79 Å². The lowest BCUT2D eigenvalue weighted by molar-refractivity contribution is -0.124. The van der Waals surface area contributed by atoms with E-state index in [1.807, 2.05) is 25.1 Å². The molecular formula is C20H24FNO3. The van der Waals surface area contributed by atoms with Crippen LogP contribution >= 0.6 is 0 Å². The molecule has 1 atom stereocenters. The van der Waals surface area contributed by atoms with E-state index in [0.717, 1.165) is 11.1 Å². The van der Waals surface area contributed by atoms with Gasteiger partial charge < -0.3 is 14.8 Å². The van der Waals surface area contributed by atoms with Gasteiger partial charge in [0, 0.05) is 12.5 Å². The van der Waals surface area contributed by atoms with Crippen molar-refractivity contribution in [2.45, 2.75) is 19.8 Å². The van der Waals surface area contributed by atoms with E-state index in [1.54, 1.807) is 26.4 Å². The molecule has 25 heavy (non-hydrogen) atoms. The molecule has 0 spiro atoms. The fourth-order valence-corrected chi connectivity index (χ4v) is 2.61. The molecule has 0 heterocycles. The number of carbonyl (C=O) groups excluding carboxylic acids is 1. The number of rotatable bonds is 8. The number of halogens is 1. The Kier molecular flexibility index (Phi) is 6.81. The number of carbonyl (C=O) groups is 1. The highest BCUT2D eigenvalue weighted by atomic mass is 19.1. The third kappa shape index (κ3) is 5.48. The van der Waals surface area contributed by atoms with E-state index in [-0.39, 0.29) is 17.6 Å². The second-order valence-corrected chi connectivity index (χ2v) is 5.96. The van der Waals surface area contributed by atoms with Gasteiger partial charge in [-0.25, -0.2) is 4.39 Å². The third-order valence-electron chi connectivity index (χ3n) is 4.06. The molecule has 1 N–H and O–H groups in total. The van der Waals surface area contributed by atoms with Gasteiger partial charge in [-0.2, -0.15) is 0 Å². The summed E-state index contributed by atoms with van der Waals surface area (Å²) in [5, 5.41) is 2.93. The quantitative estimate of drug-likeness (QED) is 0.798. The molecule has 0 aliphatic rings. The fraction of sp³-hybridized carbons (Fsp3) is 0.350. The summed E-state index contributed by atoms with van der Waals surface area (Å²) in [6.07, 6.45) is 1.29. The average Bonchev–Trinajstić information content (AvgIpc) is 2.63. The largest absolute Gasteiger partial charge is 0.493 e. The molecule has 0 aliphatic heterocycles. The molecule has 0 aliphatic carbocycles. The van der Waals surface area contributed by atoms with Crippen LogP contribution in [0.1, 0.15) is 18.1 Å². The summed E-state index contributed by atoms with van der Waals surface area (Å²) < 4.78 is 23.4. The zero-order valence-corrected chi connectivity index (χ0v) is 14.8. The van der Waals surface area contributed by atoms with E-state index in [9.17, 15) is 9.18 Å². The zero-order valence-electron chi connectivity index (χ0n) is 14.8. The summed E-state index contributed by atoms with van der Waals surface area (Å²) in [5.41, 5.74) is 2.01. The van der Waals surface area contributed by atoms with Crippen LogP contribution < -0.4 is 14.8 Å². The molecular weight excluding hydrogens is 321 g/mol. The van der Waals surface area contributed by atoms with E-state index >= 15 is 0 Å². The van der Waals surface area contributed by atoms with E-state index in [0.29, 0.717) is 30.9 Å². The van der Waals surface area contributed by atoms with Crippen LogP contribution in [0.15, 0.2) is 42.5 Å². The molecule has 0 saturated heterocycles. The van der Waals surface area contributed by atoms with Crippen LogP contribution in [0.25, 0.3) is 0 Å². The number of hydrogen-bond acceptors (Lipinski definition) is 3. The van der Waals surface area contributed by atoms with Gasteiger partial charge in [0.25, 0.3) is 0 Å². The SMILES string of the molecule is COc1ccc(CC(C)C(=O)NCCc2ccc(F)cc2)cc1OC. The average molecular weight is 345 g/mol. The maximum absolute atomic E-state index is 12.9. The van der Waals surface area contributed by atoms with Crippen LogP contribution in [0, 0.1) is 11.7 Å². The van der Waals surface area contributed by atoms with Crippen molar-refractivity contribution in [1.82, 2.24) is 5.32 Å². The van der Waals surface area contributed by atoms with Crippen LogP contribution in [0.2, 0.25) is 0 Å². The van der Waals surface area contributed by atoms with Crippen LogP contribution in [-0.4, -0.2) is 26.7 Å². The van der Waals surface area contributed by atoms with E-state index in [1.165, 1.54) is 12.1 Å². The molecule has 1 amide bonds. The fourth-order valence-electron chi connectivity index (χ4n) is 2.61. The summed E-state index contributed by atoms with van der Waals surface area (Å²) in [7, 11) is 3.18. The number of methoxy groups -OCH3 is 2. The van der Waals surface area contributed by atoms with Crippen molar-refractivity contribution in [2.24, 2.45) is 5.92 Å². The molecule has 5 heteroatoms. The lowest BCUT2D eigenvalue weighted by atomic mass is 10.00. The first-order chi connectivity index (χ1) is 12.0. The van der Waals surface area contributed by atoms with Crippen molar-refractivity contribution in [2.75, 3.05) is 20.8 Å². The van der Waals surface area contributed by atoms with Crippen molar-refractivity contribution in [3.8, 4) is 11.5 Å². The van der Waals surface area contributed by atoms with Crippen molar-refractivity contribution in [3.63, 3.8) is 0 Å². The van der Waals surface area contributed by atoms with E-state index < -0.39 is 0 Å². The van der Waals surface area contributed by atoms with E-state index in [4.69, 9.17) is 9.47 Å². The summed E-state index contributed by atoms with van der Waals surface area (Å²) in [5.74, 6) is 0.908. The molecule has 2 rings (SSSR count). The van der Waals surface area contributed by atoms with Gasteiger partial charge in [0.05, 0.1) is 14.2 Å². The number of nitrogens with one attached hydrogen (secondary N) is 1. The Bertz CT molecular complexity index is 701. The normalized spacial score (nSPS) is 11.7. The molecule has 1 unspecified atom stereocenters. The standard InChI is InChI=1S/C20H24FNO3/c1-14(12-16-6-9-18(24-2)19(13-16)25-3)20(23)22-11-10-15-4-7-17(21)8-5-15/h4-9,13-14H,10-12H2,1-3H3,(H,22,23). The number of hydrogen-bond donors (Lipinski definition) is 1. The first-order valence-corrected chi connectivity index (χ1v) is 8.26. The lowest BCUT2D eigenvalue weighted by Gasteiger charge is -2.14. The summed E-state index contributed by atoms with van der Waals surface area (Å²) >= 11 is 0. The molecule has 0 radical (unpaired) electrons. The Balaban J connectivity index is 1.84. The smallest absolute Gasteiger partial charge is 0.223 e. The second kappa shape index (κ2) is 9.06. The predicted octanol–water partition coefficient (Wildman–Crippen LogP) is 3.38. The van der Waals surface area contributed by atoms with Gasteiger partial charge in [-0.1, -0.05) is 25.1 Å². The maximum Gasteiger partial charge on any atom is 0.223 e. The Hall–Kier alpha value is -2.56. The van der Waals surface area contributed by atoms with E-state index in [2.05, 4.69) is 5.32 Å². The molecule has 4 nitrogen and oxygen atoms in total. The summed E-state index contributed by atoms with van der Waals surface area (Å²) in [6.45, 7) is 2.42. The van der Waals surface area contributed by atoms with Crippen molar-refractivity contribution in [3.05, 3.63) is 59.4 Å². The summed E-state index contributed by atoms with van der Waals surface area (Å²) in [4.78, 5) is 12.2. The highest BCUT2D eigenvalue weighted by Crippen LogP contribution is 2.28. The highest BCUT2D eigenvalue weighted by Gasteiger charge is 2.14. The monoisotopic (exact) mass is 345 g/mol. The van der Waals surface area contributed by atoms with Crippen LogP contribution in [0.5, 0.6) is 11.5 Å². The highest BCUT2D eigenvalue weighted by molar-refractivity contribution is 5.78. The zero-order chi connectivity index (χ0) is 18.2. The molecule has 0 aromatic heterocycles. The van der Waals surface area contributed by atoms with Crippen molar-refractivity contribution < 1.29 is 18.7 Å². The minimum absolute atomic E-state index is 0.00287. The van der Waals surface area contributed by atoms with Gasteiger partial charge >= 0.3 is 0 Å². The van der Waals surface area contributed by atoms with Gasteiger partial charge in [0.15, 0.2) is 11.5 Å². The summed E-state index contributed by atoms with van der Waals surface area (Å²) in [6, 6.07) is 12.0. The molecule has 0 bridgehead atoms. The second-order valence-electron chi connectivity index (χ2n) is 5.96. The van der Waals surface area contributed by atoms with Crippen LogP contribution in [-0.2, 0) is 17.6 Å². The van der Waals surface area contributed by atoms with Gasteiger partial charge in [0.2, 0.25) is 5.91 Å². The minimum atomic E-state index is -0.253. The Morgan fingerprint density at radius 2 is 1.68 bits per heavy atom. The van der Waals surface area contributed by atoms with Gasteiger partial charge in [-0.15, -0.1) is 0 Å². The first kappa shape index (κ1) is 18.8. The third-order valence-corrected chi connectivity index (χ3v) is 4.06. The topological polar surface area (TPSA) is 47.6 Å². The number of benzene rings is 2. The Morgan fingerprint density at radius 1 is 1.04 bits per heavy atom. The van der Waals surface area contributed by atoms with Crippen LogP contribution in [0.3, 0.4) is 0 Å². The minimum Gasteiger partial charge on any atom is -0.493 e. The maximum atomic E-state index is 12.9. The molecule has 2 aromatic rings. The van der Waals surface area contributed by atoms with Crippen molar-refractivity contribution >= 4 is 5.91 Å². The van der Waals surface area contributed by atoms with Gasteiger partial charge in [-0.05, 0) is 48.2 Å².